The molecule has 1 fully saturated rings. The SMILES string of the molecule is CN(Cc1cc2ccccc2o1)C(=O)C1CCNCC1Cc1ccccc1. The largest absolute Gasteiger partial charge is 0.459 e. The minimum atomic E-state index is 0.0563. The number of carbonyl (C=O) groups is 1. The van der Waals surface area contributed by atoms with Crippen LogP contribution in [0.25, 0.3) is 11.0 Å². The van der Waals surface area contributed by atoms with Gasteiger partial charge in [0, 0.05) is 18.4 Å². The van der Waals surface area contributed by atoms with E-state index >= 15 is 0 Å². The number of rotatable bonds is 5. The van der Waals surface area contributed by atoms with Crippen LogP contribution in [0.4, 0.5) is 0 Å². The fourth-order valence-electron chi connectivity index (χ4n) is 4.09. The van der Waals surface area contributed by atoms with E-state index in [0.29, 0.717) is 12.5 Å². The first-order valence-electron chi connectivity index (χ1n) is 9.68. The summed E-state index contributed by atoms with van der Waals surface area (Å²) in [5.74, 6) is 1.44. The molecule has 4 nitrogen and oxygen atoms in total. The van der Waals surface area contributed by atoms with Crippen molar-refractivity contribution in [1.29, 1.82) is 0 Å². The van der Waals surface area contributed by atoms with E-state index in [4.69, 9.17) is 4.42 Å². The number of hydrogen-bond donors (Lipinski definition) is 1. The standard InChI is InChI=1S/C23H26N2O2/c1-25(16-20-14-18-9-5-6-10-22(18)27-20)23(26)21-11-12-24-15-19(21)13-17-7-3-2-4-8-17/h2-10,14,19,21,24H,11-13,15-16H2,1H3. The highest BCUT2D eigenvalue weighted by atomic mass is 16.3. The summed E-state index contributed by atoms with van der Waals surface area (Å²) >= 11 is 0. The van der Waals surface area contributed by atoms with Crippen molar-refractivity contribution in [2.75, 3.05) is 20.1 Å². The summed E-state index contributed by atoms with van der Waals surface area (Å²) in [6, 6.07) is 20.5. The normalized spacial score (nSPS) is 19.9. The number of furan rings is 1. The van der Waals surface area contributed by atoms with Gasteiger partial charge in [0.2, 0.25) is 5.91 Å². The van der Waals surface area contributed by atoms with Crippen molar-refractivity contribution in [3.63, 3.8) is 0 Å². The molecule has 1 aliphatic heterocycles. The molecule has 0 aliphatic carbocycles. The summed E-state index contributed by atoms with van der Waals surface area (Å²) in [4.78, 5) is 15.0. The van der Waals surface area contributed by atoms with E-state index in [1.165, 1.54) is 5.56 Å². The molecule has 1 aliphatic rings. The molecule has 0 radical (unpaired) electrons. The number of hydrogen-bond acceptors (Lipinski definition) is 3. The minimum absolute atomic E-state index is 0.0563. The van der Waals surface area contributed by atoms with Gasteiger partial charge in [-0.2, -0.15) is 0 Å². The number of para-hydroxylation sites is 1. The number of amides is 1. The fourth-order valence-corrected chi connectivity index (χ4v) is 4.09. The zero-order valence-electron chi connectivity index (χ0n) is 15.7. The van der Waals surface area contributed by atoms with E-state index < -0.39 is 0 Å². The van der Waals surface area contributed by atoms with Crippen LogP contribution in [0.5, 0.6) is 0 Å². The molecule has 1 N–H and O–H groups in total. The Labute approximate surface area is 160 Å². The molecule has 2 heterocycles. The summed E-state index contributed by atoms with van der Waals surface area (Å²) in [5, 5.41) is 4.54. The summed E-state index contributed by atoms with van der Waals surface area (Å²) in [6.45, 7) is 2.31. The Morgan fingerprint density at radius 2 is 1.93 bits per heavy atom. The molecule has 2 aromatic carbocycles. The zero-order valence-corrected chi connectivity index (χ0v) is 15.7. The van der Waals surface area contributed by atoms with Gasteiger partial charge in [0.1, 0.15) is 11.3 Å². The van der Waals surface area contributed by atoms with E-state index in [1.807, 2.05) is 48.3 Å². The summed E-state index contributed by atoms with van der Waals surface area (Å²) < 4.78 is 5.89. The second-order valence-corrected chi connectivity index (χ2v) is 7.49. The number of carbonyl (C=O) groups excluding carboxylic acids is 1. The molecule has 2 unspecified atom stereocenters. The van der Waals surface area contributed by atoms with Crippen LogP contribution in [-0.2, 0) is 17.8 Å². The first-order chi connectivity index (χ1) is 13.2. The Kier molecular flexibility index (Phi) is 5.26. The minimum Gasteiger partial charge on any atom is -0.459 e. The number of benzene rings is 2. The quantitative estimate of drug-likeness (QED) is 0.750. The molecule has 140 valence electrons. The molecule has 0 spiro atoms. The van der Waals surface area contributed by atoms with Gasteiger partial charge in [-0.1, -0.05) is 48.5 Å². The predicted molar refractivity (Wildman–Crippen MR) is 107 cm³/mol. The third-order valence-corrected chi connectivity index (χ3v) is 5.51. The van der Waals surface area contributed by atoms with Gasteiger partial charge in [0.15, 0.2) is 0 Å². The van der Waals surface area contributed by atoms with Crippen LogP contribution in [0.2, 0.25) is 0 Å². The summed E-state index contributed by atoms with van der Waals surface area (Å²) in [7, 11) is 1.89. The number of piperidine rings is 1. The molecular weight excluding hydrogens is 336 g/mol. The van der Waals surface area contributed by atoms with Crippen molar-refractivity contribution in [2.24, 2.45) is 11.8 Å². The molecule has 1 aromatic heterocycles. The predicted octanol–water partition coefficient (Wildman–Crippen LogP) is 3.86. The Hall–Kier alpha value is -2.59. The Balaban J connectivity index is 1.45. The fraction of sp³-hybridized carbons (Fsp3) is 0.348. The molecule has 4 heteroatoms. The first-order valence-corrected chi connectivity index (χ1v) is 9.68. The molecular formula is C23H26N2O2. The molecule has 3 aromatic rings. The second-order valence-electron chi connectivity index (χ2n) is 7.49. The molecule has 1 amide bonds. The smallest absolute Gasteiger partial charge is 0.226 e. The number of fused-ring (bicyclic) bond motifs is 1. The van der Waals surface area contributed by atoms with E-state index in [9.17, 15) is 4.79 Å². The molecule has 2 atom stereocenters. The van der Waals surface area contributed by atoms with Gasteiger partial charge in [-0.25, -0.2) is 0 Å². The molecule has 27 heavy (non-hydrogen) atoms. The maximum absolute atomic E-state index is 13.2. The monoisotopic (exact) mass is 362 g/mol. The first kappa shape index (κ1) is 17.8. The van der Waals surface area contributed by atoms with Gasteiger partial charge < -0.3 is 14.6 Å². The average Bonchev–Trinajstić information content (AvgIpc) is 3.11. The van der Waals surface area contributed by atoms with E-state index in [0.717, 1.165) is 42.7 Å². The maximum atomic E-state index is 13.2. The third kappa shape index (κ3) is 4.06. The van der Waals surface area contributed by atoms with Crippen LogP contribution < -0.4 is 5.32 Å². The third-order valence-electron chi connectivity index (χ3n) is 5.51. The van der Waals surface area contributed by atoms with Crippen LogP contribution in [0.3, 0.4) is 0 Å². The van der Waals surface area contributed by atoms with Gasteiger partial charge in [0.25, 0.3) is 0 Å². The van der Waals surface area contributed by atoms with E-state index in [2.05, 4.69) is 29.6 Å². The molecule has 0 bridgehead atoms. The van der Waals surface area contributed by atoms with Crippen LogP contribution in [-0.4, -0.2) is 30.9 Å². The maximum Gasteiger partial charge on any atom is 0.226 e. The molecule has 0 saturated carbocycles. The van der Waals surface area contributed by atoms with Crippen molar-refractivity contribution in [3.8, 4) is 0 Å². The molecule has 1 saturated heterocycles. The topological polar surface area (TPSA) is 45.5 Å². The van der Waals surface area contributed by atoms with Crippen molar-refractivity contribution >= 4 is 16.9 Å². The Morgan fingerprint density at radius 3 is 2.74 bits per heavy atom. The highest BCUT2D eigenvalue weighted by Gasteiger charge is 2.32. The van der Waals surface area contributed by atoms with Crippen molar-refractivity contribution in [1.82, 2.24) is 10.2 Å². The molecule has 4 rings (SSSR count). The van der Waals surface area contributed by atoms with Gasteiger partial charge in [-0.15, -0.1) is 0 Å². The van der Waals surface area contributed by atoms with Crippen molar-refractivity contribution < 1.29 is 9.21 Å². The highest BCUT2D eigenvalue weighted by Crippen LogP contribution is 2.26. The van der Waals surface area contributed by atoms with Gasteiger partial charge in [-0.3, -0.25) is 4.79 Å². The van der Waals surface area contributed by atoms with Gasteiger partial charge >= 0.3 is 0 Å². The Bertz CT molecular complexity index is 870. The highest BCUT2D eigenvalue weighted by molar-refractivity contribution is 5.80. The lowest BCUT2D eigenvalue weighted by Gasteiger charge is -2.34. The Morgan fingerprint density at radius 1 is 1.15 bits per heavy atom. The van der Waals surface area contributed by atoms with Crippen LogP contribution in [0.1, 0.15) is 17.7 Å². The lowest BCUT2D eigenvalue weighted by Crippen LogP contribution is -2.45. The van der Waals surface area contributed by atoms with Crippen LogP contribution >= 0.6 is 0 Å². The lowest BCUT2D eigenvalue weighted by molar-refractivity contribution is -0.137. The zero-order chi connectivity index (χ0) is 18.6. The average molecular weight is 362 g/mol. The summed E-state index contributed by atoms with van der Waals surface area (Å²) in [5.41, 5.74) is 2.17. The number of nitrogens with one attached hydrogen (secondary N) is 1. The number of nitrogens with zero attached hydrogens (tertiary/aromatic N) is 1. The van der Waals surface area contributed by atoms with E-state index in [-0.39, 0.29) is 11.8 Å². The van der Waals surface area contributed by atoms with Gasteiger partial charge in [0.05, 0.1) is 6.54 Å². The van der Waals surface area contributed by atoms with E-state index in [1.54, 1.807) is 0 Å². The second kappa shape index (κ2) is 7.97. The van der Waals surface area contributed by atoms with Crippen LogP contribution in [0.15, 0.2) is 65.1 Å². The van der Waals surface area contributed by atoms with Crippen LogP contribution in [0, 0.1) is 11.8 Å². The van der Waals surface area contributed by atoms with Gasteiger partial charge in [-0.05, 0) is 49.5 Å². The summed E-state index contributed by atoms with van der Waals surface area (Å²) in [6.07, 6.45) is 1.82. The van der Waals surface area contributed by atoms with Crippen molar-refractivity contribution in [2.45, 2.75) is 19.4 Å². The van der Waals surface area contributed by atoms with Crippen molar-refractivity contribution in [3.05, 3.63) is 72.0 Å². The lowest BCUT2D eigenvalue weighted by atomic mass is 9.81.